The lowest BCUT2D eigenvalue weighted by molar-refractivity contribution is -0.156. The van der Waals surface area contributed by atoms with Gasteiger partial charge < -0.3 is 19.2 Å². The first-order chi connectivity index (χ1) is 10.6. The summed E-state index contributed by atoms with van der Waals surface area (Å²) >= 11 is 0. The number of carboxylic acid groups (broad SMARTS) is 1. The first kappa shape index (κ1) is 16.5. The predicted octanol–water partition coefficient (Wildman–Crippen LogP) is 1.94. The molecule has 0 bridgehead atoms. The van der Waals surface area contributed by atoms with E-state index in [4.69, 9.17) is 9.15 Å². The number of rotatable bonds is 7. The number of amides is 1. The number of aliphatic carboxylic acids is 1. The van der Waals surface area contributed by atoms with Gasteiger partial charge in [0.05, 0.1) is 11.7 Å². The molecule has 1 unspecified atom stereocenters. The Morgan fingerprint density at radius 3 is 2.95 bits per heavy atom. The summed E-state index contributed by atoms with van der Waals surface area (Å²) in [5.74, 6) is -0.0820. The summed E-state index contributed by atoms with van der Waals surface area (Å²) in [7, 11) is 1.56. The van der Waals surface area contributed by atoms with Gasteiger partial charge in [0.25, 0.3) is 0 Å². The molecule has 2 rings (SSSR count). The van der Waals surface area contributed by atoms with Crippen molar-refractivity contribution >= 4 is 11.9 Å². The van der Waals surface area contributed by atoms with Gasteiger partial charge in [-0.25, -0.2) is 0 Å². The molecule has 0 aliphatic carbocycles. The predicted molar refractivity (Wildman–Crippen MR) is 79.4 cm³/mol. The number of carboxylic acids is 1. The van der Waals surface area contributed by atoms with E-state index in [0.29, 0.717) is 45.3 Å². The minimum atomic E-state index is -0.880. The molecule has 6 heteroatoms. The van der Waals surface area contributed by atoms with E-state index < -0.39 is 11.4 Å². The van der Waals surface area contributed by atoms with Crippen LogP contribution in [0.15, 0.2) is 22.8 Å². The van der Waals surface area contributed by atoms with Gasteiger partial charge in [0.15, 0.2) is 0 Å². The zero-order valence-corrected chi connectivity index (χ0v) is 12.9. The summed E-state index contributed by atoms with van der Waals surface area (Å²) in [6.45, 7) is 1.28. The Morgan fingerprint density at radius 2 is 2.32 bits per heavy atom. The highest BCUT2D eigenvalue weighted by atomic mass is 16.5. The third-order valence-electron chi connectivity index (χ3n) is 4.33. The van der Waals surface area contributed by atoms with Crippen LogP contribution in [0.5, 0.6) is 0 Å². The van der Waals surface area contributed by atoms with Crippen LogP contribution in [0.1, 0.15) is 31.4 Å². The van der Waals surface area contributed by atoms with Crippen LogP contribution in [-0.2, 0) is 20.7 Å². The number of furan rings is 1. The zero-order chi connectivity index (χ0) is 16.0. The van der Waals surface area contributed by atoms with Crippen molar-refractivity contribution in [3.63, 3.8) is 0 Å². The second-order valence-corrected chi connectivity index (χ2v) is 5.83. The summed E-state index contributed by atoms with van der Waals surface area (Å²) in [5, 5.41) is 9.59. The normalized spacial score (nSPS) is 21.8. The van der Waals surface area contributed by atoms with Crippen LogP contribution < -0.4 is 0 Å². The first-order valence-electron chi connectivity index (χ1n) is 7.60. The molecule has 2 heterocycles. The largest absolute Gasteiger partial charge is 0.481 e. The summed E-state index contributed by atoms with van der Waals surface area (Å²) < 4.78 is 10.3. The Balaban J connectivity index is 1.95. The maximum Gasteiger partial charge on any atom is 0.311 e. The molecule has 1 atom stereocenters. The van der Waals surface area contributed by atoms with Crippen LogP contribution in [0.4, 0.5) is 0 Å². The van der Waals surface area contributed by atoms with Crippen LogP contribution in [0.25, 0.3) is 0 Å². The number of likely N-dealkylation sites (tertiary alicyclic amines) is 1. The minimum Gasteiger partial charge on any atom is -0.481 e. The molecule has 1 fully saturated rings. The van der Waals surface area contributed by atoms with Gasteiger partial charge in [0.2, 0.25) is 5.91 Å². The van der Waals surface area contributed by atoms with E-state index in [2.05, 4.69) is 0 Å². The number of hydrogen-bond donors (Lipinski definition) is 1. The van der Waals surface area contributed by atoms with Crippen molar-refractivity contribution in [1.82, 2.24) is 4.90 Å². The molecule has 22 heavy (non-hydrogen) atoms. The Kier molecular flexibility index (Phi) is 5.60. The van der Waals surface area contributed by atoms with Crippen molar-refractivity contribution in [1.29, 1.82) is 0 Å². The highest BCUT2D eigenvalue weighted by molar-refractivity contribution is 5.79. The number of carbonyl (C=O) groups is 2. The Bertz CT molecular complexity index is 499. The first-order valence-corrected chi connectivity index (χ1v) is 7.60. The smallest absolute Gasteiger partial charge is 0.311 e. The number of aryl methyl sites for hydroxylation is 1. The molecule has 6 nitrogen and oxygen atoms in total. The third-order valence-corrected chi connectivity index (χ3v) is 4.33. The monoisotopic (exact) mass is 309 g/mol. The molecule has 1 aromatic heterocycles. The van der Waals surface area contributed by atoms with Crippen molar-refractivity contribution < 1.29 is 23.8 Å². The van der Waals surface area contributed by atoms with Crippen LogP contribution in [-0.4, -0.2) is 48.7 Å². The summed E-state index contributed by atoms with van der Waals surface area (Å²) in [6, 6.07) is 3.63. The highest BCUT2D eigenvalue weighted by Crippen LogP contribution is 2.34. The molecule has 0 spiro atoms. The molecule has 1 N–H and O–H groups in total. The lowest BCUT2D eigenvalue weighted by Gasteiger charge is -2.40. The van der Waals surface area contributed by atoms with E-state index in [9.17, 15) is 14.7 Å². The average Bonchev–Trinajstić information content (AvgIpc) is 3.04. The van der Waals surface area contributed by atoms with Gasteiger partial charge in [-0.1, -0.05) is 0 Å². The minimum absolute atomic E-state index is 0.0147. The Hall–Kier alpha value is -1.82. The van der Waals surface area contributed by atoms with E-state index in [1.165, 1.54) is 0 Å². The quantitative estimate of drug-likeness (QED) is 0.832. The summed E-state index contributed by atoms with van der Waals surface area (Å²) in [6.07, 6.45) is 4.20. The number of nitrogens with zero attached hydrogens (tertiary/aromatic N) is 1. The molecule has 0 saturated carbocycles. The molecule has 0 aromatic carbocycles. The van der Waals surface area contributed by atoms with Gasteiger partial charge in [-0.05, 0) is 31.4 Å². The average molecular weight is 309 g/mol. The molecular formula is C16H23NO5. The van der Waals surface area contributed by atoms with Crippen molar-refractivity contribution in [2.45, 2.75) is 32.1 Å². The maximum absolute atomic E-state index is 12.3. The molecule has 1 aliphatic rings. The number of hydrogen-bond acceptors (Lipinski definition) is 4. The van der Waals surface area contributed by atoms with Crippen molar-refractivity contribution in [2.75, 3.05) is 26.8 Å². The van der Waals surface area contributed by atoms with Gasteiger partial charge >= 0.3 is 5.97 Å². The van der Waals surface area contributed by atoms with Crippen molar-refractivity contribution in [2.24, 2.45) is 5.41 Å². The van der Waals surface area contributed by atoms with Gasteiger partial charge in [-0.3, -0.25) is 9.59 Å². The van der Waals surface area contributed by atoms with Crippen LogP contribution >= 0.6 is 0 Å². The SMILES string of the molecule is COCCC1(C(=O)O)CCCN(C(=O)CCc2ccco2)C1. The molecule has 1 aliphatic heterocycles. The molecule has 1 amide bonds. The van der Waals surface area contributed by atoms with Gasteiger partial charge in [-0.15, -0.1) is 0 Å². The summed E-state index contributed by atoms with van der Waals surface area (Å²) in [5.41, 5.74) is -0.880. The fraction of sp³-hybridized carbons (Fsp3) is 0.625. The maximum atomic E-state index is 12.3. The van der Waals surface area contributed by atoms with E-state index in [1.807, 2.05) is 6.07 Å². The lowest BCUT2D eigenvalue weighted by atomic mass is 9.77. The van der Waals surface area contributed by atoms with Gasteiger partial charge in [0, 0.05) is 39.6 Å². The highest BCUT2D eigenvalue weighted by Gasteiger charge is 2.43. The van der Waals surface area contributed by atoms with Gasteiger partial charge in [-0.2, -0.15) is 0 Å². The fourth-order valence-electron chi connectivity index (χ4n) is 2.97. The van der Waals surface area contributed by atoms with Crippen LogP contribution in [0.2, 0.25) is 0 Å². The standard InChI is InChI=1S/C16H23NO5/c1-21-11-8-16(15(19)20)7-3-9-17(12-16)14(18)6-5-13-4-2-10-22-13/h2,4,10H,3,5-9,11-12H2,1H3,(H,19,20). The topological polar surface area (TPSA) is 80.0 Å². The number of piperidine rings is 1. The fourth-order valence-corrected chi connectivity index (χ4v) is 2.97. The molecule has 1 aromatic rings. The zero-order valence-electron chi connectivity index (χ0n) is 12.9. The number of methoxy groups -OCH3 is 1. The van der Waals surface area contributed by atoms with Crippen LogP contribution in [0.3, 0.4) is 0 Å². The third kappa shape index (κ3) is 3.88. The second kappa shape index (κ2) is 7.45. The summed E-state index contributed by atoms with van der Waals surface area (Å²) in [4.78, 5) is 25.7. The molecule has 122 valence electrons. The van der Waals surface area contributed by atoms with E-state index in [1.54, 1.807) is 24.3 Å². The van der Waals surface area contributed by atoms with Crippen LogP contribution in [0, 0.1) is 5.41 Å². The van der Waals surface area contributed by atoms with Crippen molar-refractivity contribution in [3.8, 4) is 0 Å². The number of ether oxygens (including phenoxy) is 1. The van der Waals surface area contributed by atoms with Gasteiger partial charge in [0.1, 0.15) is 5.76 Å². The Labute approximate surface area is 130 Å². The second-order valence-electron chi connectivity index (χ2n) is 5.83. The molecular weight excluding hydrogens is 286 g/mol. The number of carbonyl (C=O) groups excluding carboxylic acids is 1. The van der Waals surface area contributed by atoms with E-state index >= 15 is 0 Å². The van der Waals surface area contributed by atoms with Crippen molar-refractivity contribution in [3.05, 3.63) is 24.2 Å². The molecule has 1 saturated heterocycles. The Morgan fingerprint density at radius 1 is 1.50 bits per heavy atom. The molecule has 0 radical (unpaired) electrons. The lowest BCUT2D eigenvalue weighted by Crippen LogP contribution is -2.50. The van der Waals surface area contributed by atoms with E-state index in [-0.39, 0.29) is 12.5 Å². The van der Waals surface area contributed by atoms with E-state index in [0.717, 1.165) is 5.76 Å².